The molecule has 3 aromatic heterocycles. The number of fused-ring (bicyclic) bond motifs is 1. The Bertz CT molecular complexity index is 1030. The summed E-state index contributed by atoms with van der Waals surface area (Å²) in [5.74, 6) is 1.29. The number of pyridine rings is 3. The fraction of sp³-hybridized carbons (Fsp3) is 0.150. The van der Waals surface area contributed by atoms with Crippen molar-refractivity contribution in [2.45, 2.75) is 13.8 Å². The summed E-state index contributed by atoms with van der Waals surface area (Å²) in [6, 6.07) is 8.97. The summed E-state index contributed by atoms with van der Waals surface area (Å²) in [7, 11) is 0. The second-order valence-corrected chi connectivity index (χ2v) is 6.41. The van der Waals surface area contributed by atoms with Crippen LogP contribution in [0, 0.1) is 5.92 Å². The van der Waals surface area contributed by atoms with Crippen molar-refractivity contribution in [3.05, 3.63) is 66.4 Å². The van der Waals surface area contributed by atoms with Gasteiger partial charge in [-0.2, -0.15) is 0 Å². The first-order chi connectivity index (χ1) is 13.0. The van der Waals surface area contributed by atoms with E-state index in [1.54, 1.807) is 36.8 Å². The van der Waals surface area contributed by atoms with Crippen LogP contribution >= 0.6 is 0 Å². The van der Waals surface area contributed by atoms with Crippen molar-refractivity contribution in [1.82, 2.24) is 15.0 Å². The molecule has 0 saturated heterocycles. The Morgan fingerprint density at radius 2 is 1.93 bits per heavy atom. The lowest BCUT2D eigenvalue weighted by atomic mass is 10.0. The molecule has 0 amide bonds. The second-order valence-electron chi connectivity index (χ2n) is 6.41. The quantitative estimate of drug-likeness (QED) is 0.514. The number of nitrogens with two attached hydrogens (primary N) is 2. The molecule has 0 radical (unpaired) electrons. The third-order valence-electron chi connectivity index (χ3n) is 4.07. The fourth-order valence-electron chi connectivity index (χ4n) is 2.60. The first-order valence-electron chi connectivity index (χ1n) is 8.54. The highest BCUT2D eigenvalue weighted by molar-refractivity contribution is 5.81. The van der Waals surface area contributed by atoms with Crippen molar-refractivity contribution in [2.24, 2.45) is 17.4 Å². The zero-order valence-corrected chi connectivity index (χ0v) is 15.2. The zero-order chi connectivity index (χ0) is 19.4. The Balaban J connectivity index is 1.91. The van der Waals surface area contributed by atoms with Crippen LogP contribution in [0.5, 0.6) is 5.88 Å². The summed E-state index contributed by atoms with van der Waals surface area (Å²) in [6.07, 6.45) is 6.63. The van der Waals surface area contributed by atoms with Gasteiger partial charge in [-0.1, -0.05) is 13.8 Å². The molecule has 0 saturated carbocycles. The summed E-state index contributed by atoms with van der Waals surface area (Å²) < 4.78 is 0. The number of rotatable bonds is 5. The van der Waals surface area contributed by atoms with E-state index in [1.807, 2.05) is 32.0 Å². The lowest BCUT2D eigenvalue weighted by Crippen LogP contribution is -2.11. The van der Waals surface area contributed by atoms with Crippen LogP contribution in [-0.2, 0) is 0 Å². The lowest BCUT2D eigenvalue weighted by Gasteiger charge is -2.10. The summed E-state index contributed by atoms with van der Waals surface area (Å²) >= 11 is 0. The molecule has 0 unspecified atom stereocenters. The summed E-state index contributed by atoms with van der Waals surface area (Å²) in [5.41, 5.74) is 15.7. The van der Waals surface area contributed by atoms with Crippen LogP contribution in [0.1, 0.15) is 13.8 Å². The normalized spacial score (nSPS) is 12.6. The minimum absolute atomic E-state index is 0.0391. The SMILES string of the molecule is CC(C)C(=C/N)/C=C(\N)Nc1ccc2ncc(-c3ccnc(O)c3)cc2n1. The summed E-state index contributed by atoms with van der Waals surface area (Å²) in [4.78, 5) is 12.8. The highest BCUT2D eigenvalue weighted by Crippen LogP contribution is 2.24. The molecule has 0 aliphatic carbocycles. The van der Waals surface area contributed by atoms with Gasteiger partial charge in [-0.3, -0.25) is 4.98 Å². The van der Waals surface area contributed by atoms with Gasteiger partial charge in [-0.05, 0) is 53.6 Å². The van der Waals surface area contributed by atoms with Gasteiger partial charge in [0.05, 0.1) is 11.0 Å². The monoisotopic (exact) mass is 362 g/mol. The van der Waals surface area contributed by atoms with Crippen LogP contribution in [0.15, 0.2) is 66.4 Å². The predicted octanol–water partition coefficient (Wildman–Crippen LogP) is 3.11. The molecule has 7 heteroatoms. The molecule has 0 aromatic carbocycles. The maximum Gasteiger partial charge on any atom is 0.211 e. The smallest absolute Gasteiger partial charge is 0.211 e. The molecule has 0 atom stereocenters. The van der Waals surface area contributed by atoms with Crippen molar-refractivity contribution in [1.29, 1.82) is 0 Å². The number of aromatic nitrogens is 3. The molecule has 3 aromatic rings. The van der Waals surface area contributed by atoms with Crippen molar-refractivity contribution in [2.75, 3.05) is 5.32 Å². The van der Waals surface area contributed by atoms with E-state index in [1.165, 1.54) is 0 Å². The van der Waals surface area contributed by atoms with Gasteiger partial charge in [0.15, 0.2) is 0 Å². The van der Waals surface area contributed by atoms with E-state index in [9.17, 15) is 5.11 Å². The third-order valence-corrected chi connectivity index (χ3v) is 4.07. The average molecular weight is 362 g/mol. The van der Waals surface area contributed by atoms with E-state index in [0.717, 1.165) is 22.2 Å². The van der Waals surface area contributed by atoms with Gasteiger partial charge in [-0.15, -0.1) is 0 Å². The lowest BCUT2D eigenvalue weighted by molar-refractivity contribution is 0.454. The number of nitrogens with one attached hydrogen (secondary N) is 1. The van der Waals surface area contributed by atoms with Gasteiger partial charge in [-0.25, -0.2) is 9.97 Å². The van der Waals surface area contributed by atoms with Crippen LogP contribution in [0.25, 0.3) is 22.2 Å². The minimum Gasteiger partial charge on any atom is -0.493 e. The molecule has 0 bridgehead atoms. The van der Waals surface area contributed by atoms with Crippen molar-refractivity contribution >= 4 is 16.9 Å². The highest BCUT2D eigenvalue weighted by atomic mass is 16.3. The standard InChI is InChI=1S/C20H22N6O/c1-12(2)14(10-21)8-18(22)26-19-4-3-16-17(25-19)7-15(11-24-16)13-5-6-23-20(27)9-13/h3-12H,21-22H2,1-2H3,(H,23,27)(H,25,26)/b14-10+,18-8+. The molecular formula is C20H22N6O. The first kappa shape index (κ1) is 18.2. The first-order valence-corrected chi connectivity index (χ1v) is 8.54. The highest BCUT2D eigenvalue weighted by Gasteiger charge is 2.06. The second kappa shape index (κ2) is 7.74. The molecule has 0 fully saturated rings. The number of hydrogen-bond acceptors (Lipinski definition) is 7. The Morgan fingerprint density at radius 1 is 1.11 bits per heavy atom. The maximum absolute atomic E-state index is 9.57. The van der Waals surface area contributed by atoms with Crippen molar-refractivity contribution < 1.29 is 5.11 Å². The molecule has 3 rings (SSSR count). The maximum atomic E-state index is 9.57. The van der Waals surface area contributed by atoms with Gasteiger partial charge >= 0.3 is 0 Å². The van der Waals surface area contributed by atoms with Crippen LogP contribution in [0.3, 0.4) is 0 Å². The van der Waals surface area contributed by atoms with Crippen LogP contribution in [0.4, 0.5) is 5.82 Å². The summed E-state index contributed by atoms with van der Waals surface area (Å²) in [5, 5.41) is 12.6. The Hall–Kier alpha value is -3.61. The van der Waals surface area contributed by atoms with Crippen molar-refractivity contribution in [3.8, 4) is 17.0 Å². The van der Waals surface area contributed by atoms with E-state index in [-0.39, 0.29) is 11.8 Å². The number of allylic oxidation sites excluding steroid dienone is 2. The predicted molar refractivity (Wildman–Crippen MR) is 107 cm³/mol. The molecule has 27 heavy (non-hydrogen) atoms. The van der Waals surface area contributed by atoms with Gasteiger partial charge < -0.3 is 21.9 Å². The van der Waals surface area contributed by atoms with Crippen LogP contribution in [0.2, 0.25) is 0 Å². The molecule has 3 heterocycles. The average Bonchev–Trinajstić information content (AvgIpc) is 2.65. The van der Waals surface area contributed by atoms with Gasteiger partial charge in [0, 0.05) is 24.0 Å². The van der Waals surface area contributed by atoms with Gasteiger partial charge in [0.1, 0.15) is 11.6 Å². The molecule has 138 valence electrons. The number of hydrogen-bond donors (Lipinski definition) is 4. The minimum atomic E-state index is -0.0391. The van der Waals surface area contributed by atoms with E-state index in [2.05, 4.69) is 20.3 Å². The Kier molecular flexibility index (Phi) is 5.21. The van der Waals surface area contributed by atoms with Gasteiger partial charge in [0.2, 0.25) is 5.88 Å². The summed E-state index contributed by atoms with van der Waals surface area (Å²) in [6.45, 7) is 4.09. The van der Waals surface area contributed by atoms with E-state index in [4.69, 9.17) is 11.5 Å². The Morgan fingerprint density at radius 3 is 2.63 bits per heavy atom. The Labute approximate surface area is 157 Å². The van der Waals surface area contributed by atoms with Gasteiger partial charge in [0.25, 0.3) is 0 Å². The zero-order valence-electron chi connectivity index (χ0n) is 15.2. The third kappa shape index (κ3) is 4.33. The van der Waals surface area contributed by atoms with Crippen molar-refractivity contribution in [3.63, 3.8) is 0 Å². The molecule has 7 nitrogen and oxygen atoms in total. The largest absolute Gasteiger partial charge is 0.493 e. The number of nitrogens with zero attached hydrogens (tertiary/aromatic N) is 3. The van der Waals surface area contributed by atoms with E-state index >= 15 is 0 Å². The van der Waals surface area contributed by atoms with E-state index in [0.29, 0.717) is 17.2 Å². The number of anilines is 1. The molecular weight excluding hydrogens is 340 g/mol. The molecule has 6 N–H and O–H groups in total. The molecule has 0 aliphatic heterocycles. The van der Waals surface area contributed by atoms with Crippen LogP contribution < -0.4 is 16.8 Å². The molecule has 0 spiro atoms. The molecule has 0 aliphatic rings. The number of aromatic hydroxyl groups is 1. The van der Waals surface area contributed by atoms with Crippen LogP contribution in [-0.4, -0.2) is 20.1 Å². The fourth-order valence-corrected chi connectivity index (χ4v) is 2.60. The topological polar surface area (TPSA) is 123 Å². The van der Waals surface area contributed by atoms with E-state index < -0.39 is 0 Å².